The number of rotatable bonds is 4. The lowest BCUT2D eigenvalue weighted by atomic mass is 9.99. The lowest BCUT2D eigenvalue weighted by molar-refractivity contribution is 0.262. The van der Waals surface area contributed by atoms with Gasteiger partial charge in [-0.15, -0.1) is 0 Å². The van der Waals surface area contributed by atoms with E-state index < -0.39 is 0 Å². The van der Waals surface area contributed by atoms with E-state index in [1.165, 1.54) is 12.8 Å². The molecular weight excluding hydrogens is 216 g/mol. The molecule has 4 nitrogen and oxygen atoms in total. The van der Waals surface area contributed by atoms with Crippen molar-refractivity contribution in [3.63, 3.8) is 0 Å². The number of methoxy groups -OCH3 is 1. The highest BCUT2D eigenvalue weighted by Gasteiger charge is 2.22. The van der Waals surface area contributed by atoms with Crippen molar-refractivity contribution in [2.24, 2.45) is 0 Å². The van der Waals surface area contributed by atoms with Crippen LogP contribution in [0.25, 0.3) is 0 Å². The van der Waals surface area contributed by atoms with Gasteiger partial charge in [-0.05, 0) is 37.8 Å². The number of hydrogen-bond donors (Lipinski definition) is 1. The lowest BCUT2D eigenvalue weighted by Crippen LogP contribution is -2.40. The van der Waals surface area contributed by atoms with Crippen LogP contribution in [0.3, 0.4) is 0 Å². The van der Waals surface area contributed by atoms with Gasteiger partial charge in [-0.1, -0.05) is 0 Å². The zero-order valence-corrected chi connectivity index (χ0v) is 10.3. The summed E-state index contributed by atoms with van der Waals surface area (Å²) in [6.45, 7) is 1.28. The maximum atomic E-state index is 9.10. The maximum absolute atomic E-state index is 9.10. The van der Waals surface area contributed by atoms with Gasteiger partial charge in [0.2, 0.25) is 0 Å². The van der Waals surface area contributed by atoms with Gasteiger partial charge in [0.25, 0.3) is 0 Å². The van der Waals surface area contributed by atoms with Gasteiger partial charge in [0.05, 0.1) is 13.3 Å². The van der Waals surface area contributed by atoms with Crippen LogP contribution in [0.1, 0.15) is 25.7 Å². The van der Waals surface area contributed by atoms with E-state index in [1.54, 1.807) is 13.3 Å². The third-order valence-corrected chi connectivity index (χ3v) is 3.34. The molecule has 0 bridgehead atoms. The number of hydrogen-bond acceptors (Lipinski definition) is 4. The number of aliphatic hydroxyl groups excluding tert-OH is 1. The molecule has 1 N–H and O–H groups in total. The van der Waals surface area contributed by atoms with E-state index in [9.17, 15) is 0 Å². The molecule has 94 valence electrons. The Morgan fingerprint density at radius 2 is 2.35 bits per heavy atom. The van der Waals surface area contributed by atoms with Crippen molar-refractivity contribution < 1.29 is 9.84 Å². The minimum absolute atomic E-state index is 0.247. The fraction of sp³-hybridized carbons (Fsp3) is 0.615. The Bertz CT molecular complexity index is 338. The molecule has 0 saturated carbocycles. The summed E-state index contributed by atoms with van der Waals surface area (Å²) >= 11 is 0. The SMILES string of the molecule is COc1ccc(N2CCCCC2CCO)nc1. The fourth-order valence-corrected chi connectivity index (χ4v) is 2.41. The van der Waals surface area contributed by atoms with Crippen molar-refractivity contribution in [1.29, 1.82) is 0 Å². The highest BCUT2D eigenvalue weighted by molar-refractivity contribution is 5.42. The number of ether oxygens (including phenoxy) is 1. The van der Waals surface area contributed by atoms with Crippen LogP contribution in [0.15, 0.2) is 18.3 Å². The third-order valence-electron chi connectivity index (χ3n) is 3.34. The first-order valence-corrected chi connectivity index (χ1v) is 6.22. The van der Waals surface area contributed by atoms with Crippen molar-refractivity contribution in [1.82, 2.24) is 4.98 Å². The van der Waals surface area contributed by atoms with Crippen LogP contribution in [0.4, 0.5) is 5.82 Å². The van der Waals surface area contributed by atoms with E-state index in [0.717, 1.165) is 31.0 Å². The summed E-state index contributed by atoms with van der Waals surface area (Å²) in [5, 5.41) is 9.10. The molecule has 2 rings (SSSR count). The molecule has 0 radical (unpaired) electrons. The number of anilines is 1. The molecule has 1 unspecified atom stereocenters. The van der Waals surface area contributed by atoms with Gasteiger partial charge >= 0.3 is 0 Å². The van der Waals surface area contributed by atoms with Crippen LogP contribution in [0.5, 0.6) is 5.75 Å². The van der Waals surface area contributed by atoms with Gasteiger partial charge in [-0.2, -0.15) is 0 Å². The summed E-state index contributed by atoms with van der Waals surface area (Å²) in [5.41, 5.74) is 0. The monoisotopic (exact) mass is 236 g/mol. The molecule has 1 saturated heterocycles. The second kappa shape index (κ2) is 5.87. The van der Waals surface area contributed by atoms with E-state index >= 15 is 0 Å². The van der Waals surface area contributed by atoms with Crippen LogP contribution in [0.2, 0.25) is 0 Å². The minimum atomic E-state index is 0.247. The molecule has 17 heavy (non-hydrogen) atoms. The molecule has 0 aliphatic carbocycles. The second-order valence-corrected chi connectivity index (χ2v) is 4.41. The average Bonchev–Trinajstić information content (AvgIpc) is 2.40. The highest BCUT2D eigenvalue weighted by Crippen LogP contribution is 2.25. The normalized spacial score (nSPS) is 20.4. The molecule has 2 heterocycles. The first kappa shape index (κ1) is 12.2. The zero-order chi connectivity index (χ0) is 12.1. The first-order chi connectivity index (χ1) is 8.35. The van der Waals surface area contributed by atoms with Gasteiger partial charge in [0.1, 0.15) is 11.6 Å². The molecule has 0 aromatic carbocycles. The molecule has 0 spiro atoms. The van der Waals surface area contributed by atoms with Crippen molar-refractivity contribution in [2.75, 3.05) is 25.2 Å². The number of piperidine rings is 1. The minimum Gasteiger partial charge on any atom is -0.495 e. The van der Waals surface area contributed by atoms with Crippen LogP contribution in [-0.2, 0) is 0 Å². The lowest BCUT2D eigenvalue weighted by Gasteiger charge is -2.36. The zero-order valence-electron chi connectivity index (χ0n) is 10.3. The highest BCUT2D eigenvalue weighted by atomic mass is 16.5. The Labute approximate surface area is 102 Å². The van der Waals surface area contributed by atoms with Crippen LogP contribution >= 0.6 is 0 Å². The molecular formula is C13H20N2O2. The summed E-state index contributed by atoms with van der Waals surface area (Å²) in [6, 6.07) is 4.36. The van der Waals surface area contributed by atoms with Crippen LogP contribution in [-0.4, -0.2) is 36.4 Å². The fourth-order valence-electron chi connectivity index (χ4n) is 2.41. The van der Waals surface area contributed by atoms with E-state index in [0.29, 0.717) is 6.04 Å². The number of nitrogens with zero attached hydrogens (tertiary/aromatic N) is 2. The summed E-state index contributed by atoms with van der Waals surface area (Å²) in [7, 11) is 1.64. The topological polar surface area (TPSA) is 45.6 Å². The van der Waals surface area contributed by atoms with E-state index in [-0.39, 0.29) is 6.61 Å². The quantitative estimate of drug-likeness (QED) is 0.866. The van der Waals surface area contributed by atoms with Crippen LogP contribution < -0.4 is 9.64 Å². The Kier molecular flexibility index (Phi) is 4.20. The third kappa shape index (κ3) is 2.88. The van der Waals surface area contributed by atoms with Crippen molar-refractivity contribution in [2.45, 2.75) is 31.7 Å². The predicted molar refractivity (Wildman–Crippen MR) is 67.5 cm³/mol. The number of aromatic nitrogens is 1. The van der Waals surface area contributed by atoms with Crippen molar-refractivity contribution in [3.8, 4) is 5.75 Å². The maximum Gasteiger partial charge on any atom is 0.137 e. The van der Waals surface area contributed by atoms with E-state index in [1.807, 2.05) is 12.1 Å². The first-order valence-electron chi connectivity index (χ1n) is 6.22. The Balaban J connectivity index is 2.11. The van der Waals surface area contributed by atoms with Gasteiger partial charge in [-0.25, -0.2) is 4.98 Å². The van der Waals surface area contributed by atoms with Gasteiger partial charge < -0.3 is 14.7 Å². The Morgan fingerprint density at radius 3 is 3.00 bits per heavy atom. The summed E-state index contributed by atoms with van der Waals surface area (Å²) < 4.78 is 5.11. The van der Waals surface area contributed by atoms with E-state index in [2.05, 4.69) is 9.88 Å². The second-order valence-electron chi connectivity index (χ2n) is 4.41. The summed E-state index contributed by atoms with van der Waals surface area (Å²) in [6.07, 6.45) is 6.18. The summed E-state index contributed by atoms with van der Waals surface area (Å²) in [4.78, 5) is 6.73. The molecule has 1 aromatic heterocycles. The standard InChI is InChI=1S/C13H20N2O2/c1-17-12-5-6-13(14-10-12)15-8-3-2-4-11(15)7-9-16/h5-6,10-11,16H,2-4,7-9H2,1H3. The van der Waals surface area contributed by atoms with Gasteiger partial charge in [0, 0.05) is 19.2 Å². The molecule has 1 atom stereocenters. The smallest absolute Gasteiger partial charge is 0.137 e. The largest absolute Gasteiger partial charge is 0.495 e. The van der Waals surface area contributed by atoms with Crippen molar-refractivity contribution >= 4 is 5.82 Å². The molecule has 1 aromatic rings. The van der Waals surface area contributed by atoms with Crippen LogP contribution in [0, 0.1) is 0 Å². The number of aliphatic hydroxyl groups is 1. The predicted octanol–water partition coefficient (Wildman–Crippen LogP) is 1.83. The van der Waals surface area contributed by atoms with E-state index in [4.69, 9.17) is 9.84 Å². The van der Waals surface area contributed by atoms with Gasteiger partial charge in [-0.3, -0.25) is 0 Å². The molecule has 1 aliphatic rings. The van der Waals surface area contributed by atoms with Crippen molar-refractivity contribution in [3.05, 3.63) is 18.3 Å². The molecule has 4 heteroatoms. The Hall–Kier alpha value is -1.29. The summed E-state index contributed by atoms with van der Waals surface area (Å²) in [5.74, 6) is 1.77. The molecule has 1 aliphatic heterocycles. The van der Waals surface area contributed by atoms with Gasteiger partial charge in [0.15, 0.2) is 0 Å². The molecule has 1 fully saturated rings. The Morgan fingerprint density at radius 1 is 1.47 bits per heavy atom. The molecule has 0 amide bonds. The number of pyridine rings is 1. The average molecular weight is 236 g/mol.